The van der Waals surface area contributed by atoms with Crippen molar-refractivity contribution >= 4 is 29.3 Å². The molecule has 1 aromatic heterocycles. The van der Waals surface area contributed by atoms with Gasteiger partial charge in [0.1, 0.15) is 0 Å². The lowest BCUT2D eigenvalue weighted by Gasteiger charge is -2.03. The number of allylic oxidation sites excluding steroid dienone is 1. The highest BCUT2D eigenvalue weighted by atomic mass is 35.5. The van der Waals surface area contributed by atoms with Crippen molar-refractivity contribution in [2.45, 2.75) is 19.2 Å². The van der Waals surface area contributed by atoms with E-state index in [0.29, 0.717) is 5.02 Å². The van der Waals surface area contributed by atoms with Crippen molar-refractivity contribution in [3.05, 3.63) is 22.5 Å². The van der Waals surface area contributed by atoms with Gasteiger partial charge in [-0.25, -0.2) is 0 Å². The van der Waals surface area contributed by atoms with Gasteiger partial charge >= 0.3 is 0 Å². The second-order valence-electron chi connectivity index (χ2n) is 3.01. The summed E-state index contributed by atoms with van der Waals surface area (Å²) in [6.45, 7) is 3.90. The molecule has 4 heteroatoms. The lowest BCUT2D eigenvalue weighted by Crippen LogP contribution is -1.97. The molecule has 2 nitrogen and oxygen atoms in total. The van der Waals surface area contributed by atoms with Crippen molar-refractivity contribution in [2.75, 3.05) is 0 Å². The molecule has 0 fully saturated rings. The van der Waals surface area contributed by atoms with Crippen molar-refractivity contribution in [2.24, 2.45) is 7.05 Å². The second-order valence-corrected chi connectivity index (χ2v) is 4.07. The Kier molecular flexibility index (Phi) is 3.40. The van der Waals surface area contributed by atoms with Gasteiger partial charge < -0.3 is 0 Å². The van der Waals surface area contributed by atoms with E-state index in [4.69, 9.17) is 23.2 Å². The molecular formula is C9H12Cl2N2. The first-order chi connectivity index (χ1) is 6.02. The Morgan fingerprint density at radius 3 is 2.69 bits per heavy atom. The first-order valence-corrected chi connectivity index (χ1v) is 4.83. The zero-order chi connectivity index (χ0) is 10.0. The van der Waals surface area contributed by atoms with Crippen LogP contribution in [0.4, 0.5) is 0 Å². The maximum absolute atomic E-state index is 5.92. The molecule has 0 saturated heterocycles. The molecule has 1 heterocycles. The molecule has 0 aliphatic rings. The molecule has 72 valence electrons. The fourth-order valence-electron chi connectivity index (χ4n) is 0.913. The molecule has 1 atom stereocenters. The van der Waals surface area contributed by atoms with E-state index in [2.05, 4.69) is 5.10 Å². The fraction of sp³-hybridized carbons (Fsp3) is 0.444. The van der Waals surface area contributed by atoms with Crippen LogP contribution in [0, 0.1) is 0 Å². The van der Waals surface area contributed by atoms with Crippen molar-refractivity contribution < 1.29 is 0 Å². The Bertz CT molecular complexity index is 307. The molecule has 0 N–H and O–H groups in total. The normalized spacial score (nSPS) is 14.7. The average molecular weight is 219 g/mol. The van der Waals surface area contributed by atoms with Crippen LogP contribution in [0.2, 0.25) is 5.02 Å². The predicted molar refractivity (Wildman–Crippen MR) is 57.2 cm³/mol. The molecule has 1 rings (SSSR count). The molecule has 0 amide bonds. The summed E-state index contributed by atoms with van der Waals surface area (Å²) in [5.74, 6) is 0. The van der Waals surface area contributed by atoms with E-state index in [-0.39, 0.29) is 5.38 Å². The predicted octanol–water partition coefficient (Wildman–Crippen LogP) is 3.10. The highest BCUT2D eigenvalue weighted by Crippen LogP contribution is 2.19. The molecule has 0 aliphatic heterocycles. The Labute approximate surface area is 88.1 Å². The van der Waals surface area contributed by atoms with Crippen LogP contribution in [0.3, 0.4) is 0 Å². The summed E-state index contributed by atoms with van der Waals surface area (Å²) >= 11 is 11.8. The van der Waals surface area contributed by atoms with E-state index >= 15 is 0 Å². The number of halogens is 2. The van der Waals surface area contributed by atoms with Crippen LogP contribution >= 0.6 is 23.2 Å². The van der Waals surface area contributed by atoms with Crippen molar-refractivity contribution in [3.63, 3.8) is 0 Å². The van der Waals surface area contributed by atoms with Gasteiger partial charge in [0.2, 0.25) is 0 Å². The van der Waals surface area contributed by atoms with Crippen molar-refractivity contribution in [3.8, 4) is 0 Å². The van der Waals surface area contributed by atoms with Crippen LogP contribution in [0.1, 0.15) is 19.5 Å². The van der Waals surface area contributed by atoms with Gasteiger partial charge in [-0.15, -0.1) is 11.6 Å². The van der Waals surface area contributed by atoms with Crippen LogP contribution in [-0.4, -0.2) is 15.2 Å². The minimum Gasteiger partial charge on any atom is -0.267 e. The third-order valence-electron chi connectivity index (χ3n) is 1.93. The van der Waals surface area contributed by atoms with Crippen LogP contribution in [-0.2, 0) is 7.05 Å². The molecule has 0 saturated carbocycles. The molecule has 0 aliphatic carbocycles. The molecule has 0 radical (unpaired) electrons. The number of nitrogens with zero attached hydrogens (tertiary/aromatic N) is 2. The smallest absolute Gasteiger partial charge is 0.0859 e. The van der Waals surface area contributed by atoms with E-state index in [1.54, 1.807) is 10.9 Å². The summed E-state index contributed by atoms with van der Waals surface area (Å²) in [7, 11) is 1.85. The Morgan fingerprint density at radius 1 is 1.69 bits per heavy atom. The summed E-state index contributed by atoms with van der Waals surface area (Å²) in [5.41, 5.74) is 1.97. The van der Waals surface area contributed by atoms with E-state index in [1.807, 2.05) is 27.0 Å². The quantitative estimate of drug-likeness (QED) is 0.699. The third-order valence-corrected chi connectivity index (χ3v) is 2.56. The summed E-state index contributed by atoms with van der Waals surface area (Å²) in [6.07, 6.45) is 3.58. The zero-order valence-corrected chi connectivity index (χ0v) is 9.39. The number of aromatic nitrogens is 2. The standard InChI is InChI=1S/C9H12Cl2N2/c1-6(7(2)10)4-9-8(11)5-12-13(9)3/h4-5,7H,1-3H3/b6-4+. The van der Waals surface area contributed by atoms with Gasteiger partial charge in [-0.1, -0.05) is 17.2 Å². The molecule has 0 spiro atoms. The van der Waals surface area contributed by atoms with Gasteiger partial charge in [0.05, 0.1) is 22.3 Å². The van der Waals surface area contributed by atoms with E-state index < -0.39 is 0 Å². The van der Waals surface area contributed by atoms with Crippen molar-refractivity contribution in [1.29, 1.82) is 0 Å². The van der Waals surface area contributed by atoms with Crippen LogP contribution in [0.15, 0.2) is 11.8 Å². The number of hydrogen-bond acceptors (Lipinski definition) is 1. The van der Waals surface area contributed by atoms with E-state index in [0.717, 1.165) is 11.3 Å². The van der Waals surface area contributed by atoms with Crippen LogP contribution in [0.25, 0.3) is 6.08 Å². The summed E-state index contributed by atoms with van der Waals surface area (Å²) in [6, 6.07) is 0. The topological polar surface area (TPSA) is 17.8 Å². The monoisotopic (exact) mass is 218 g/mol. The Hall–Kier alpha value is -0.470. The zero-order valence-electron chi connectivity index (χ0n) is 7.88. The minimum absolute atomic E-state index is 0.0194. The van der Waals surface area contributed by atoms with Gasteiger partial charge in [-0.3, -0.25) is 4.68 Å². The Balaban J connectivity index is 3.03. The third kappa shape index (κ3) is 2.48. The van der Waals surface area contributed by atoms with Gasteiger partial charge in [-0.05, 0) is 19.9 Å². The summed E-state index contributed by atoms with van der Waals surface area (Å²) in [4.78, 5) is 0. The molecule has 0 bridgehead atoms. The largest absolute Gasteiger partial charge is 0.267 e. The van der Waals surface area contributed by atoms with Crippen molar-refractivity contribution in [1.82, 2.24) is 9.78 Å². The molecule has 1 unspecified atom stereocenters. The molecular weight excluding hydrogens is 207 g/mol. The lowest BCUT2D eigenvalue weighted by atomic mass is 10.2. The Morgan fingerprint density at radius 2 is 2.31 bits per heavy atom. The van der Waals surface area contributed by atoms with Gasteiger partial charge in [0, 0.05) is 7.05 Å². The first kappa shape index (κ1) is 10.6. The summed E-state index contributed by atoms with van der Waals surface area (Å²) in [5, 5.41) is 4.70. The van der Waals surface area contributed by atoms with E-state index in [9.17, 15) is 0 Å². The van der Waals surface area contributed by atoms with Crippen LogP contribution in [0.5, 0.6) is 0 Å². The summed E-state index contributed by atoms with van der Waals surface area (Å²) < 4.78 is 1.73. The first-order valence-electron chi connectivity index (χ1n) is 4.02. The van der Waals surface area contributed by atoms with E-state index in [1.165, 1.54) is 0 Å². The number of alkyl halides is 1. The SMILES string of the molecule is C/C(=C\c1c(Cl)cnn1C)C(C)Cl. The molecule has 13 heavy (non-hydrogen) atoms. The highest BCUT2D eigenvalue weighted by Gasteiger charge is 2.05. The lowest BCUT2D eigenvalue weighted by molar-refractivity contribution is 0.759. The number of hydrogen-bond donors (Lipinski definition) is 0. The number of rotatable bonds is 2. The van der Waals surface area contributed by atoms with Gasteiger partial charge in [0.25, 0.3) is 0 Å². The second kappa shape index (κ2) is 4.16. The number of aryl methyl sites for hydroxylation is 1. The molecule has 0 aromatic carbocycles. The van der Waals surface area contributed by atoms with Crippen LogP contribution < -0.4 is 0 Å². The fourth-order valence-corrected chi connectivity index (χ4v) is 1.20. The van der Waals surface area contributed by atoms with Gasteiger partial charge in [0.15, 0.2) is 0 Å². The maximum atomic E-state index is 5.92. The molecule has 1 aromatic rings. The minimum atomic E-state index is 0.0194. The average Bonchev–Trinajstić information content (AvgIpc) is 2.35. The maximum Gasteiger partial charge on any atom is 0.0859 e. The highest BCUT2D eigenvalue weighted by molar-refractivity contribution is 6.31. The van der Waals surface area contributed by atoms with Gasteiger partial charge in [-0.2, -0.15) is 5.10 Å².